The van der Waals surface area contributed by atoms with E-state index in [0.717, 1.165) is 26.1 Å². The average molecular weight is 234 g/mol. The van der Waals surface area contributed by atoms with Gasteiger partial charge in [-0.15, -0.1) is 0 Å². The van der Waals surface area contributed by atoms with Crippen LogP contribution in [0, 0.1) is 0 Å². The molecule has 0 aliphatic rings. The summed E-state index contributed by atoms with van der Waals surface area (Å²) in [6.07, 6.45) is 7.04. The molecule has 3 nitrogen and oxygen atoms in total. The topological polar surface area (TPSA) is 27.7 Å². The number of ether oxygens (including phenoxy) is 2. The minimum absolute atomic E-state index is 0.412. The van der Waals surface area contributed by atoms with E-state index in [1.165, 1.54) is 25.7 Å². The molecule has 0 heterocycles. The predicted molar refractivity (Wildman–Crippen MR) is 65.8 cm³/mol. The van der Waals surface area contributed by atoms with Gasteiger partial charge in [0.05, 0.1) is 13.2 Å². The van der Waals surface area contributed by atoms with Crippen LogP contribution in [0.4, 0.5) is 0 Å². The summed E-state index contributed by atoms with van der Waals surface area (Å²) in [6, 6.07) is 0. The number of hydrogen-bond donors (Lipinski definition) is 0. The molecule has 0 N–H and O–H groups in total. The molecule has 4 heteroatoms. The molecule has 0 rings (SSSR count). The van der Waals surface area contributed by atoms with E-state index < -0.39 is 6.48 Å². The maximum Gasteiger partial charge on any atom is 0.261 e. The second kappa shape index (κ2) is 12.2. The van der Waals surface area contributed by atoms with Crippen LogP contribution in [0.15, 0.2) is 0 Å². The molecule has 0 spiro atoms. The molecule has 0 saturated heterocycles. The highest BCUT2D eigenvalue weighted by Gasteiger charge is 2.05. The lowest BCUT2D eigenvalue weighted by Gasteiger charge is -2.16. The monoisotopic (exact) mass is 234 g/mol. The SMILES string of the molecule is CCCCCOC(O[SiH3])OCCCCC. The highest BCUT2D eigenvalue weighted by molar-refractivity contribution is 5.97. The van der Waals surface area contributed by atoms with Gasteiger partial charge in [-0.25, -0.2) is 0 Å². The molecule has 0 aromatic rings. The second-order valence-electron chi connectivity index (χ2n) is 3.68. The van der Waals surface area contributed by atoms with E-state index in [2.05, 4.69) is 13.8 Å². The van der Waals surface area contributed by atoms with E-state index in [1.807, 2.05) is 0 Å². The van der Waals surface area contributed by atoms with Gasteiger partial charge in [-0.1, -0.05) is 39.5 Å². The Bertz CT molecular complexity index is 110. The fourth-order valence-corrected chi connectivity index (χ4v) is 1.52. The fraction of sp³-hybridized carbons (Fsp3) is 1.00. The molecule has 0 atom stereocenters. The summed E-state index contributed by atoms with van der Waals surface area (Å²) in [5.74, 6) is 0. The van der Waals surface area contributed by atoms with Crippen LogP contribution >= 0.6 is 0 Å². The van der Waals surface area contributed by atoms with Crippen LogP contribution < -0.4 is 0 Å². The molecule has 0 aliphatic heterocycles. The number of rotatable bonds is 11. The molecular weight excluding hydrogens is 208 g/mol. The van der Waals surface area contributed by atoms with E-state index in [0.29, 0.717) is 10.5 Å². The summed E-state index contributed by atoms with van der Waals surface area (Å²) < 4.78 is 16.1. The van der Waals surface area contributed by atoms with Crippen LogP contribution in [0.1, 0.15) is 52.4 Å². The summed E-state index contributed by atoms with van der Waals surface area (Å²) in [6.45, 7) is 5.44. The quantitative estimate of drug-likeness (QED) is 0.311. The highest BCUT2D eigenvalue weighted by Crippen LogP contribution is 2.02. The number of hydrogen-bond acceptors (Lipinski definition) is 3. The average Bonchev–Trinajstić information content (AvgIpc) is 2.27. The Morgan fingerprint density at radius 3 is 1.67 bits per heavy atom. The largest absolute Gasteiger partial charge is 0.383 e. The molecular formula is C11H26O3Si. The highest BCUT2D eigenvalue weighted by atomic mass is 28.2. The molecule has 0 fully saturated rings. The molecule has 0 unspecified atom stereocenters. The molecule has 0 aromatic heterocycles. The second-order valence-corrected chi connectivity index (χ2v) is 4.15. The van der Waals surface area contributed by atoms with Crippen molar-refractivity contribution in [1.29, 1.82) is 0 Å². The van der Waals surface area contributed by atoms with Crippen molar-refractivity contribution in [2.75, 3.05) is 13.2 Å². The van der Waals surface area contributed by atoms with Gasteiger partial charge >= 0.3 is 0 Å². The Hall–Kier alpha value is 0.0969. The first-order valence-corrected chi connectivity index (χ1v) is 6.92. The summed E-state index contributed by atoms with van der Waals surface area (Å²) in [5.41, 5.74) is 0. The molecule has 92 valence electrons. The summed E-state index contributed by atoms with van der Waals surface area (Å²) >= 11 is 0. The lowest BCUT2D eigenvalue weighted by atomic mass is 10.3. The maximum atomic E-state index is 5.46. The molecule has 0 aliphatic carbocycles. The van der Waals surface area contributed by atoms with Gasteiger partial charge in [0.15, 0.2) is 10.5 Å². The van der Waals surface area contributed by atoms with E-state index in [-0.39, 0.29) is 0 Å². The van der Waals surface area contributed by atoms with Crippen LogP contribution in [-0.2, 0) is 13.9 Å². The predicted octanol–water partition coefficient (Wildman–Crippen LogP) is 1.98. The smallest absolute Gasteiger partial charge is 0.261 e. The van der Waals surface area contributed by atoms with E-state index in [4.69, 9.17) is 13.9 Å². The zero-order chi connectivity index (χ0) is 11.4. The Morgan fingerprint density at radius 1 is 0.867 bits per heavy atom. The Kier molecular flexibility index (Phi) is 12.2. The Balaban J connectivity index is 3.29. The maximum absolute atomic E-state index is 5.46. The molecule has 0 saturated carbocycles. The van der Waals surface area contributed by atoms with Crippen LogP contribution in [0.3, 0.4) is 0 Å². The Labute approximate surface area is 97.0 Å². The van der Waals surface area contributed by atoms with Crippen LogP contribution in [0.5, 0.6) is 0 Å². The van der Waals surface area contributed by atoms with Crippen molar-refractivity contribution in [3.63, 3.8) is 0 Å². The van der Waals surface area contributed by atoms with Crippen molar-refractivity contribution in [3.05, 3.63) is 0 Å². The van der Waals surface area contributed by atoms with E-state index in [9.17, 15) is 0 Å². The van der Waals surface area contributed by atoms with Crippen molar-refractivity contribution in [3.8, 4) is 0 Å². The van der Waals surface area contributed by atoms with Gasteiger partial charge < -0.3 is 13.9 Å². The van der Waals surface area contributed by atoms with Crippen molar-refractivity contribution < 1.29 is 13.9 Å². The van der Waals surface area contributed by atoms with Gasteiger partial charge in [-0.3, -0.25) is 0 Å². The molecule has 0 aromatic carbocycles. The molecule has 0 amide bonds. The van der Waals surface area contributed by atoms with Crippen LogP contribution in [0.25, 0.3) is 0 Å². The normalized spacial score (nSPS) is 11.4. The first kappa shape index (κ1) is 15.1. The van der Waals surface area contributed by atoms with Crippen LogP contribution in [0.2, 0.25) is 0 Å². The standard InChI is InChI=1S/C11H26O3Si/c1-3-5-7-9-12-11(14-15)13-10-8-6-4-2/h11H,3-10H2,1-2,15H3. The van der Waals surface area contributed by atoms with Crippen molar-refractivity contribution in [2.24, 2.45) is 0 Å². The lowest BCUT2D eigenvalue weighted by molar-refractivity contribution is -0.246. The van der Waals surface area contributed by atoms with Gasteiger partial charge in [0, 0.05) is 0 Å². The zero-order valence-corrected chi connectivity index (χ0v) is 12.5. The van der Waals surface area contributed by atoms with Gasteiger partial charge in [0.25, 0.3) is 6.48 Å². The van der Waals surface area contributed by atoms with Crippen molar-refractivity contribution >= 4 is 10.5 Å². The summed E-state index contributed by atoms with van der Waals surface area (Å²) in [4.78, 5) is 0. The fourth-order valence-electron chi connectivity index (χ4n) is 1.25. The number of unbranched alkanes of at least 4 members (excludes halogenated alkanes) is 4. The first-order valence-electron chi connectivity index (χ1n) is 6.11. The third kappa shape index (κ3) is 10.4. The summed E-state index contributed by atoms with van der Waals surface area (Å²) in [5, 5.41) is 0. The zero-order valence-electron chi connectivity index (χ0n) is 10.5. The lowest BCUT2D eigenvalue weighted by Crippen LogP contribution is -2.21. The molecule has 0 bridgehead atoms. The van der Waals surface area contributed by atoms with Gasteiger partial charge in [0.1, 0.15) is 0 Å². The first-order chi connectivity index (χ1) is 7.35. The van der Waals surface area contributed by atoms with Gasteiger partial charge in [-0.05, 0) is 12.8 Å². The third-order valence-corrected chi connectivity index (χ3v) is 2.58. The van der Waals surface area contributed by atoms with Crippen LogP contribution in [-0.4, -0.2) is 30.2 Å². The van der Waals surface area contributed by atoms with Gasteiger partial charge in [0.2, 0.25) is 0 Å². The molecule has 0 radical (unpaired) electrons. The van der Waals surface area contributed by atoms with Crippen molar-refractivity contribution in [1.82, 2.24) is 0 Å². The van der Waals surface area contributed by atoms with E-state index in [1.54, 1.807) is 0 Å². The van der Waals surface area contributed by atoms with Gasteiger partial charge in [-0.2, -0.15) is 0 Å². The minimum atomic E-state index is -0.412. The minimum Gasteiger partial charge on any atom is -0.383 e. The van der Waals surface area contributed by atoms with E-state index >= 15 is 0 Å². The molecule has 15 heavy (non-hydrogen) atoms. The van der Waals surface area contributed by atoms with Crippen molar-refractivity contribution in [2.45, 2.75) is 58.8 Å². The Morgan fingerprint density at radius 2 is 1.33 bits per heavy atom. The third-order valence-electron chi connectivity index (χ3n) is 2.20. The summed E-state index contributed by atoms with van der Waals surface area (Å²) in [7, 11) is 0.661.